The Balaban J connectivity index is 6.93. The molecule has 272 valence electrons. The van der Waals surface area contributed by atoms with E-state index in [1.807, 2.05) is 0 Å². The molecule has 4 amide bonds. The summed E-state index contributed by atoms with van der Waals surface area (Å²) in [4.78, 5) is 81.9. The number of nitrogens with zero attached hydrogens (tertiary/aromatic N) is 2. The minimum atomic E-state index is -1.70. The highest BCUT2D eigenvalue weighted by molar-refractivity contribution is 6.00. The molecule has 0 aliphatic rings. The van der Waals surface area contributed by atoms with Crippen molar-refractivity contribution in [1.29, 1.82) is 0 Å². The van der Waals surface area contributed by atoms with E-state index in [0.29, 0.717) is 22.6 Å². The topological polar surface area (TPSA) is 207 Å². The van der Waals surface area contributed by atoms with Gasteiger partial charge in [-0.3, -0.25) is 0 Å². The molecule has 0 radical (unpaired) electrons. The van der Waals surface area contributed by atoms with E-state index in [4.69, 9.17) is 35.2 Å². The van der Waals surface area contributed by atoms with Crippen molar-refractivity contribution in [3.05, 3.63) is 0 Å². The van der Waals surface area contributed by atoms with E-state index in [1.54, 1.807) is 83.1 Å². The number of ether oxygens (including phenoxy) is 5. The highest BCUT2D eigenvalue weighted by atomic mass is 16.6. The maximum atomic E-state index is 13.8. The second-order valence-corrected chi connectivity index (χ2v) is 15.0. The number of hydrogen-bond acceptors (Lipinski definition) is 13. The molecule has 0 spiro atoms. The van der Waals surface area contributed by atoms with Crippen LogP contribution < -0.4 is 11.5 Å². The van der Waals surface area contributed by atoms with Gasteiger partial charge in [0.2, 0.25) is 0 Å². The number of rotatable bonds is 12. The average Bonchev–Trinajstić information content (AvgIpc) is 2.83. The lowest BCUT2D eigenvalue weighted by Gasteiger charge is -2.33. The minimum Gasteiger partial charge on any atom is -0.443 e. The predicted octanol–water partition coefficient (Wildman–Crippen LogP) is 5.40. The largest absolute Gasteiger partial charge is 0.443 e. The van der Waals surface area contributed by atoms with Crippen LogP contribution in [0.2, 0.25) is 0 Å². The normalized spacial score (nSPS) is 13.5. The van der Waals surface area contributed by atoms with E-state index in [0.717, 1.165) is 0 Å². The van der Waals surface area contributed by atoms with E-state index in [1.165, 1.54) is 0 Å². The van der Waals surface area contributed by atoms with Crippen molar-refractivity contribution in [2.75, 3.05) is 13.1 Å². The van der Waals surface area contributed by atoms with Gasteiger partial charge in [0.15, 0.2) is 0 Å². The first-order valence-electron chi connectivity index (χ1n) is 15.9. The molecule has 15 nitrogen and oxygen atoms in total. The second kappa shape index (κ2) is 18.2. The van der Waals surface area contributed by atoms with Crippen LogP contribution in [0.4, 0.5) is 19.2 Å². The molecular formula is C32H58N4O11. The third-order valence-corrected chi connectivity index (χ3v) is 5.59. The fraction of sp³-hybridized carbons (Fsp3) is 0.812. The van der Waals surface area contributed by atoms with Crippen molar-refractivity contribution in [2.45, 2.75) is 156 Å². The summed E-state index contributed by atoms with van der Waals surface area (Å²) in [6.45, 7) is 19.3. The summed E-state index contributed by atoms with van der Waals surface area (Å²) in [7, 11) is 0. The lowest BCUT2D eigenvalue weighted by Crippen LogP contribution is -2.55. The lowest BCUT2D eigenvalue weighted by atomic mass is 10.1. The van der Waals surface area contributed by atoms with Crippen molar-refractivity contribution in [2.24, 2.45) is 11.5 Å². The van der Waals surface area contributed by atoms with Crippen molar-refractivity contribution in [3.8, 4) is 0 Å². The molecule has 47 heavy (non-hydrogen) atoms. The molecule has 0 heterocycles. The van der Waals surface area contributed by atoms with E-state index in [2.05, 4.69) is 0 Å². The summed E-state index contributed by atoms with van der Waals surface area (Å²) in [5.74, 6) is -2.64. The maximum Gasteiger partial charge on any atom is 0.420 e. The first-order valence-corrected chi connectivity index (χ1v) is 15.9. The Labute approximate surface area is 279 Å². The minimum absolute atomic E-state index is 0.165. The molecule has 0 bridgehead atoms. The summed E-state index contributed by atoms with van der Waals surface area (Å²) < 4.78 is 26.9. The van der Waals surface area contributed by atoms with E-state index >= 15 is 0 Å². The summed E-state index contributed by atoms with van der Waals surface area (Å²) in [5.41, 5.74) is 6.98. The van der Waals surface area contributed by atoms with Crippen LogP contribution in [0.15, 0.2) is 0 Å². The van der Waals surface area contributed by atoms with Gasteiger partial charge in [-0.15, -0.1) is 0 Å². The number of hydrogen-bond donors (Lipinski definition) is 2. The van der Waals surface area contributed by atoms with Gasteiger partial charge in [-0.25, -0.2) is 28.8 Å². The molecular weight excluding hydrogens is 616 g/mol. The Bertz CT molecular complexity index is 943. The number of imide groups is 2. The van der Waals surface area contributed by atoms with Crippen molar-refractivity contribution >= 4 is 36.3 Å². The van der Waals surface area contributed by atoms with Crippen molar-refractivity contribution in [3.63, 3.8) is 0 Å². The number of amides is 4. The number of nitrogens with two attached hydrogens (primary N) is 2. The summed E-state index contributed by atoms with van der Waals surface area (Å²) in [6.07, 6.45) is -3.88. The molecule has 0 aliphatic carbocycles. The zero-order chi connectivity index (χ0) is 37.0. The van der Waals surface area contributed by atoms with Gasteiger partial charge in [0.05, 0.1) is 0 Å². The fourth-order valence-corrected chi connectivity index (χ4v) is 3.81. The summed E-state index contributed by atoms with van der Waals surface area (Å²) in [6, 6.07) is -3.40. The van der Waals surface area contributed by atoms with Crippen LogP contribution in [0.3, 0.4) is 0 Å². The summed E-state index contributed by atoms with van der Waals surface area (Å²) in [5, 5.41) is 0. The van der Waals surface area contributed by atoms with Crippen LogP contribution in [0, 0.1) is 0 Å². The van der Waals surface area contributed by atoms with Gasteiger partial charge in [0.1, 0.15) is 34.5 Å². The molecule has 0 rings (SSSR count). The molecule has 0 aromatic heterocycles. The molecule has 0 unspecified atom stereocenters. The first kappa shape index (κ1) is 43.5. The van der Waals surface area contributed by atoms with Gasteiger partial charge in [-0.1, -0.05) is 0 Å². The molecule has 4 N–H and O–H groups in total. The van der Waals surface area contributed by atoms with Crippen LogP contribution in [-0.2, 0) is 33.3 Å². The Kier molecular flexibility index (Phi) is 16.8. The van der Waals surface area contributed by atoms with E-state index < -0.39 is 70.8 Å². The van der Waals surface area contributed by atoms with Gasteiger partial charge in [-0.2, -0.15) is 9.80 Å². The molecule has 0 saturated carbocycles. The third-order valence-electron chi connectivity index (χ3n) is 5.59. The average molecular weight is 675 g/mol. The first-order chi connectivity index (χ1) is 21.2. The molecule has 15 heteroatoms. The second-order valence-electron chi connectivity index (χ2n) is 15.0. The third kappa shape index (κ3) is 17.9. The SMILES string of the molecule is CC(C)(C)OC(=O)N(C(=O)OC(C)(C)C)[C@@H](CCCCN)C(=O)OC(=O)[C@H](CCCCN)N(C(=O)OC(C)(C)C)C(=O)OC(C)(C)C. The molecule has 0 aliphatic heterocycles. The van der Waals surface area contributed by atoms with Gasteiger partial charge in [0, 0.05) is 0 Å². The standard InChI is InChI=1S/C32H58N4O11/c1-29(2,3)44-25(39)35(26(40)45-30(4,5)6)21(17-13-15-19-33)23(37)43-24(38)22(18-14-16-20-34)36(27(41)46-31(7,8)9)28(42)47-32(10,11)12/h21-22H,13-20,33-34H2,1-12H3/t21-,22-/m0/s1. The van der Waals surface area contributed by atoms with Gasteiger partial charge in [0.25, 0.3) is 0 Å². The van der Waals surface area contributed by atoms with Crippen LogP contribution in [0.5, 0.6) is 0 Å². The van der Waals surface area contributed by atoms with Crippen molar-refractivity contribution in [1.82, 2.24) is 9.80 Å². The zero-order valence-electron chi connectivity index (χ0n) is 30.4. The Morgan fingerprint density at radius 2 is 0.702 bits per heavy atom. The number of carbonyl (C=O) groups is 6. The molecule has 0 aromatic carbocycles. The van der Waals surface area contributed by atoms with Crippen LogP contribution in [0.25, 0.3) is 0 Å². The zero-order valence-corrected chi connectivity index (χ0v) is 30.4. The Hall–Kier alpha value is -3.46. The van der Waals surface area contributed by atoms with Crippen LogP contribution >= 0.6 is 0 Å². The smallest absolute Gasteiger partial charge is 0.420 e. The molecule has 0 aromatic rings. The van der Waals surface area contributed by atoms with Crippen molar-refractivity contribution < 1.29 is 52.5 Å². The monoisotopic (exact) mass is 674 g/mol. The summed E-state index contributed by atoms with van der Waals surface area (Å²) >= 11 is 0. The highest BCUT2D eigenvalue weighted by Gasteiger charge is 2.45. The lowest BCUT2D eigenvalue weighted by molar-refractivity contribution is -0.167. The number of esters is 2. The number of unbranched alkanes of at least 4 members (excludes halogenated alkanes) is 2. The quantitative estimate of drug-likeness (QED) is 0.115. The molecule has 2 atom stereocenters. The molecule has 0 fully saturated rings. The van der Waals surface area contributed by atoms with E-state index in [9.17, 15) is 28.8 Å². The Morgan fingerprint density at radius 3 is 0.894 bits per heavy atom. The maximum absolute atomic E-state index is 13.8. The van der Waals surface area contributed by atoms with Gasteiger partial charge < -0.3 is 35.2 Å². The predicted molar refractivity (Wildman–Crippen MR) is 173 cm³/mol. The van der Waals surface area contributed by atoms with Gasteiger partial charge in [-0.05, 0) is 135 Å². The molecule has 0 saturated heterocycles. The van der Waals surface area contributed by atoms with Crippen LogP contribution in [0.1, 0.15) is 122 Å². The Morgan fingerprint density at radius 1 is 0.468 bits per heavy atom. The highest BCUT2D eigenvalue weighted by Crippen LogP contribution is 2.24. The van der Waals surface area contributed by atoms with E-state index in [-0.39, 0.29) is 38.8 Å². The van der Waals surface area contributed by atoms with Gasteiger partial charge >= 0.3 is 36.3 Å². The fourth-order valence-electron chi connectivity index (χ4n) is 3.81. The number of carbonyl (C=O) groups excluding carboxylic acids is 6. The van der Waals surface area contributed by atoms with Crippen LogP contribution in [-0.4, -0.2) is 93.7 Å².